The van der Waals surface area contributed by atoms with Crippen LogP contribution in [-0.4, -0.2) is 13.2 Å². The molecule has 2 nitrogen and oxygen atoms in total. The van der Waals surface area contributed by atoms with Gasteiger partial charge in [0.2, 0.25) is 0 Å². The minimum atomic E-state index is -0.123. The van der Waals surface area contributed by atoms with Crippen LogP contribution in [0.25, 0.3) is 0 Å². The van der Waals surface area contributed by atoms with Crippen molar-refractivity contribution in [1.82, 2.24) is 0 Å². The molecule has 0 aliphatic heterocycles. The molecule has 0 radical (unpaired) electrons. The molecule has 0 spiro atoms. The average molecular weight is 206 g/mol. The molecule has 0 aromatic carbocycles. The summed E-state index contributed by atoms with van der Waals surface area (Å²) in [6.07, 6.45) is 0.00106. The summed E-state index contributed by atoms with van der Waals surface area (Å²) in [4.78, 5) is 0.992. The fourth-order valence-electron chi connectivity index (χ4n) is 0.903. The van der Waals surface area contributed by atoms with Crippen molar-refractivity contribution < 1.29 is 4.74 Å². The highest BCUT2D eigenvalue weighted by atomic mass is 35.5. The summed E-state index contributed by atoms with van der Waals surface area (Å²) in [5.41, 5.74) is 5.90. The first-order valence-electron chi connectivity index (χ1n) is 3.68. The van der Waals surface area contributed by atoms with Crippen LogP contribution in [0.4, 0.5) is 0 Å². The molecule has 0 amide bonds. The van der Waals surface area contributed by atoms with Crippen LogP contribution in [0.3, 0.4) is 0 Å². The van der Waals surface area contributed by atoms with E-state index in [9.17, 15) is 0 Å². The number of methoxy groups -OCH3 is 1. The summed E-state index contributed by atoms with van der Waals surface area (Å²) in [7, 11) is 1.64. The highest BCUT2D eigenvalue weighted by Gasteiger charge is 2.17. The summed E-state index contributed by atoms with van der Waals surface area (Å²) in [6, 6.07) is 1.73. The fourth-order valence-corrected chi connectivity index (χ4v) is 2.18. The molecule has 1 aromatic heterocycles. The van der Waals surface area contributed by atoms with Gasteiger partial charge >= 0.3 is 0 Å². The van der Waals surface area contributed by atoms with Crippen molar-refractivity contribution in [3.63, 3.8) is 0 Å². The van der Waals surface area contributed by atoms with Gasteiger partial charge in [-0.05, 0) is 18.4 Å². The topological polar surface area (TPSA) is 35.2 Å². The van der Waals surface area contributed by atoms with E-state index >= 15 is 0 Å². The molecule has 0 fully saturated rings. The van der Waals surface area contributed by atoms with Crippen LogP contribution >= 0.6 is 22.9 Å². The second kappa shape index (κ2) is 4.23. The number of rotatable bonds is 3. The van der Waals surface area contributed by atoms with Gasteiger partial charge < -0.3 is 10.5 Å². The van der Waals surface area contributed by atoms with Gasteiger partial charge in [-0.3, -0.25) is 0 Å². The normalized spacial score (nSPS) is 16.0. The maximum Gasteiger partial charge on any atom is 0.0744 e. The zero-order valence-corrected chi connectivity index (χ0v) is 8.65. The molecule has 68 valence electrons. The van der Waals surface area contributed by atoms with Gasteiger partial charge in [0.1, 0.15) is 0 Å². The van der Waals surface area contributed by atoms with Gasteiger partial charge in [0.15, 0.2) is 0 Å². The van der Waals surface area contributed by atoms with E-state index < -0.39 is 0 Å². The third-order valence-corrected chi connectivity index (χ3v) is 3.28. The number of ether oxygens (including phenoxy) is 1. The van der Waals surface area contributed by atoms with Crippen molar-refractivity contribution in [1.29, 1.82) is 0 Å². The predicted molar refractivity (Wildman–Crippen MR) is 52.7 cm³/mol. The maximum absolute atomic E-state index is 5.91. The van der Waals surface area contributed by atoms with E-state index in [4.69, 9.17) is 22.1 Å². The van der Waals surface area contributed by atoms with Gasteiger partial charge in [0.25, 0.3) is 0 Å². The Morgan fingerprint density at radius 2 is 2.33 bits per heavy atom. The minimum absolute atomic E-state index is 0.00106. The van der Waals surface area contributed by atoms with E-state index in [-0.39, 0.29) is 12.1 Å². The zero-order chi connectivity index (χ0) is 9.14. The van der Waals surface area contributed by atoms with E-state index in [0.717, 1.165) is 9.90 Å². The van der Waals surface area contributed by atoms with Crippen molar-refractivity contribution in [2.24, 2.45) is 5.73 Å². The van der Waals surface area contributed by atoms with Crippen molar-refractivity contribution in [3.8, 4) is 0 Å². The minimum Gasteiger partial charge on any atom is -0.380 e. The number of hydrogen-bond acceptors (Lipinski definition) is 3. The fraction of sp³-hybridized carbons (Fsp3) is 0.500. The molecular weight excluding hydrogens is 194 g/mol. The molecule has 0 aliphatic carbocycles. The SMILES string of the molecule is COC(C)C(N)c1sccc1Cl. The van der Waals surface area contributed by atoms with Crippen molar-refractivity contribution >= 4 is 22.9 Å². The Morgan fingerprint density at radius 3 is 2.75 bits per heavy atom. The molecule has 2 N–H and O–H groups in total. The standard InChI is InChI=1S/C8H12ClNOS/c1-5(11-2)7(10)8-6(9)3-4-12-8/h3-5,7H,10H2,1-2H3. The molecule has 0 bridgehead atoms. The number of nitrogens with two attached hydrogens (primary N) is 1. The lowest BCUT2D eigenvalue weighted by Crippen LogP contribution is -2.24. The second-order valence-corrected chi connectivity index (χ2v) is 3.95. The van der Waals surface area contributed by atoms with E-state index in [1.807, 2.05) is 18.4 Å². The molecule has 2 atom stereocenters. The second-order valence-electron chi connectivity index (χ2n) is 2.60. The Bertz CT molecular complexity index is 251. The number of hydrogen-bond donors (Lipinski definition) is 1. The van der Waals surface area contributed by atoms with Crippen molar-refractivity contribution in [2.45, 2.75) is 19.1 Å². The van der Waals surface area contributed by atoms with Crippen LogP contribution in [0.2, 0.25) is 5.02 Å². The smallest absolute Gasteiger partial charge is 0.0744 e. The first-order valence-corrected chi connectivity index (χ1v) is 4.94. The van der Waals surface area contributed by atoms with Crippen LogP contribution in [0.1, 0.15) is 17.8 Å². The third-order valence-electron chi connectivity index (χ3n) is 1.83. The first kappa shape index (κ1) is 9.99. The molecule has 1 rings (SSSR count). The summed E-state index contributed by atoms with van der Waals surface area (Å²) >= 11 is 7.47. The van der Waals surface area contributed by atoms with E-state index in [1.54, 1.807) is 18.4 Å². The Balaban J connectivity index is 2.77. The van der Waals surface area contributed by atoms with E-state index in [2.05, 4.69) is 0 Å². The quantitative estimate of drug-likeness (QED) is 0.823. The molecule has 1 aromatic rings. The molecular formula is C8H12ClNOS. The molecule has 0 saturated heterocycles. The molecule has 1 heterocycles. The Labute approximate surface area is 81.3 Å². The average Bonchev–Trinajstić information content (AvgIpc) is 2.48. The lowest BCUT2D eigenvalue weighted by atomic mass is 10.1. The zero-order valence-electron chi connectivity index (χ0n) is 7.08. The molecule has 0 aliphatic rings. The maximum atomic E-state index is 5.91. The van der Waals surface area contributed by atoms with Crippen molar-refractivity contribution in [3.05, 3.63) is 21.3 Å². The monoisotopic (exact) mass is 205 g/mol. The lowest BCUT2D eigenvalue weighted by molar-refractivity contribution is 0.0966. The van der Waals surface area contributed by atoms with Crippen LogP contribution in [0, 0.1) is 0 Å². The van der Waals surface area contributed by atoms with Crippen molar-refractivity contribution in [2.75, 3.05) is 7.11 Å². The highest BCUT2D eigenvalue weighted by Crippen LogP contribution is 2.29. The Hall–Kier alpha value is -0.0900. The van der Waals surface area contributed by atoms with Gasteiger partial charge in [0.05, 0.1) is 17.2 Å². The van der Waals surface area contributed by atoms with Gasteiger partial charge in [0, 0.05) is 12.0 Å². The number of thiophene rings is 1. The lowest BCUT2D eigenvalue weighted by Gasteiger charge is -2.17. The summed E-state index contributed by atoms with van der Waals surface area (Å²) in [5, 5.41) is 2.66. The third kappa shape index (κ3) is 1.98. The number of halogens is 1. The summed E-state index contributed by atoms with van der Waals surface area (Å²) < 4.78 is 5.11. The molecule has 2 unspecified atom stereocenters. The Kier molecular flexibility index (Phi) is 3.53. The van der Waals surface area contributed by atoms with Gasteiger partial charge in [-0.1, -0.05) is 11.6 Å². The van der Waals surface area contributed by atoms with Crippen LogP contribution in [-0.2, 0) is 4.74 Å². The predicted octanol–water partition coefficient (Wildman–Crippen LogP) is 2.44. The van der Waals surface area contributed by atoms with Gasteiger partial charge in [-0.25, -0.2) is 0 Å². The first-order chi connectivity index (χ1) is 5.66. The molecule has 4 heteroatoms. The summed E-state index contributed by atoms with van der Waals surface area (Å²) in [6.45, 7) is 1.93. The largest absolute Gasteiger partial charge is 0.380 e. The van der Waals surface area contributed by atoms with Crippen LogP contribution in [0.15, 0.2) is 11.4 Å². The van der Waals surface area contributed by atoms with Crippen LogP contribution < -0.4 is 5.73 Å². The van der Waals surface area contributed by atoms with Crippen LogP contribution in [0.5, 0.6) is 0 Å². The Morgan fingerprint density at radius 1 is 1.67 bits per heavy atom. The molecule has 12 heavy (non-hydrogen) atoms. The van der Waals surface area contributed by atoms with E-state index in [1.165, 1.54) is 0 Å². The highest BCUT2D eigenvalue weighted by molar-refractivity contribution is 7.10. The molecule has 0 saturated carbocycles. The van der Waals surface area contributed by atoms with Gasteiger partial charge in [-0.15, -0.1) is 11.3 Å². The van der Waals surface area contributed by atoms with Gasteiger partial charge in [-0.2, -0.15) is 0 Å². The summed E-state index contributed by atoms with van der Waals surface area (Å²) in [5.74, 6) is 0. The van der Waals surface area contributed by atoms with E-state index in [0.29, 0.717) is 0 Å².